The second-order valence-electron chi connectivity index (χ2n) is 4.64. The molecule has 0 unspecified atom stereocenters. The molecule has 0 bridgehead atoms. The number of ether oxygens (including phenoxy) is 3. The summed E-state index contributed by atoms with van der Waals surface area (Å²) in [5.41, 5.74) is 0.670. The largest absolute Gasteiger partial charge is 1.00 e. The van der Waals surface area contributed by atoms with Crippen molar-refractivity contribution in [1.82, 2.24) is 0 Å². The third kappa shape index (κ3) is 11.2. The van der Waals surface area contributed by atoms with Gasteiger partial charge in [-0.1, -0.05) is 6.08 Å². The SMILES string of the molecule is C=CCc1c(O)cc(OCC)c(OCC)c1OCC.O=S(=O)([O-])S(=O)(=O)[O-].[Na+].[Na+]. The molecular formula is C15H22Na2O10S2. The van der Waals surface area contributed by atoms with E-state index >= 15 is 0 Å². The maximum atomic E-state index is 10.1. The van der Waals surface area contributed by atoms with E-state index in [4.69, 9.17) is 14.2 Å². The summed E-state index contributed by atoms with van der Waals surface area (Å²) in [5.74, 6) is 1.71. The normalized spacial score (nSPS) is 10.4. The molecule has 1 aromatic carbocycles. The van der Waals surface area contributed by atoms with Gasteiger partial charge in [-0.2, -0.15) is 0 Å². The Balaban J connectivity index is -0.000000581. The fourth-order valence-corrected chi connectivity index (χ4v) is 1.82. The molecule has 0 spiro atoms. The standard InChI is InChI=1S/C15H22O4.2Na.H2O6S2/c1-5-9-11-12(16)10-13(17-6-2)15(19-8-4)14(11)18-7-3;;;1-7(2,3)8(4,5)6/h5,10,16H,1,6-9H2,2-4H3;;;(H,1,2,3)(H,4,5,6)/q;2*+1;/p-2. The van der Waals surface area contributed by atoms with Crippen LogP contribution in [-0.4, -0.2) is 50.9 Å². The molecule has 156 valence electrons. The fourth-order valence-electron chi connectivity index (χ4n) is 1.82. The molecular weight excluding hydrogens is 450 g/mol. The number of allylic oxidation sites excluding steroid dienone is 1. The molecule has 0 aliphatic heterocycles. The molecule has 0 saturated heterocycles. The van der Waals surface area contributed by atoms with Gasteiger partial charge in [0.25, 0.3) is 0 Å². The second-order valence-corrected chi connectivity index (χ2v) is 8.72. The van der Waals surface area contributed by atoms with Gasteiger partial charge in [0.05, 0.1) is 19.8 Å². The minimum absolute atomic E-state index is 0. The second kappa shape index (κ2) is 15.7. The topological polar surface area (TPSA) is 162 Å². The molecule has 0 aliphatic carbocycles. The minimum Gasteiger partial charge on any atom is -0.736 e. The summed E-state index contributed by atoms with van der Waals surface area (Å²) in [6.07, 6.45) is 2.22. The van der Waals surface area contributed by atoms with Crippen molar-refractivity contribution in [2.45, 2.75) is 27.2 Å². The van der Waals surface area contributed by atoms with Crippen LogP contribution in [0.25, 0.3) is 0 Å². The molecule has 0 aliphatic rings. The van der Waals surface area contributed by atoms with E-state index < -0.39 is 18.3 Å². The van der Waals surface area contributed by atoms with Crippen molar-refractivity contribution >= 4 is 18.3 Å². The number of hydrogen-bond acceptors (Lipinski definition) is 10. The van der Waals surface area contributed by atoms with Crippen LogP contribution < -0.4 is 73.3 Å². The first-order valence-electron chi connectivity index (χ1n) is 7.74. The van der Waals surface area contributed by atoms with Crippen molar-refractivity contribution in [3.63, 3.8) is 0 Å². The Bertz CT molecular complexity index is 809. The van der Waals surface area contributed by atoms with Crippen molar-refractivity contribution in [2.75, 3.05) is 19.8 Å². The first-order valence-corrected chi connectivity index (χ1v) is 11.1. The molecule has 0 radical (unpaired) electrons. The molecule has 0 amide bonds. The first-order chi connectivity index (χ1) is 12.4. The number of phenolic OH excluding ortho intramolecular Hbond substituents is 1. The molecule has 1 rings (SSSR count). The van der Waals surface area contributed by atoms with Crippen LogP contribution in [0.15, 0.2) is 18.7 Å². The summed E-state index contributed by atoms with van der Waals surface area (Å²) < 4.78 is 71.9. The van der Waals surface area contributed by atoms with Crippen LogP contribution in [0.3, 0.4) is 0 Å². The summed E-state index contributed by atoms with van der Waals surface area (Å²) in [7, 11) is -11.3. The van der Waals surface area contributed by atoms with E-state index in [9.17, 15) is 31.0 Å². The molecule has 0 fully saturated rings. The third-order valence-corrected chi connectivity index (χ3v) is 4.76. The van der Waals surface area contributed by atoms with Crippen LogP contribution in [0.1, 0.15) is 26.3 Å². The zero-order valence-electron chi connectivity index (χ0n) is 17.1. The number of phenols is 1. The van der Waals surface area contributed by atoms with Gasteiger partial charge >= 0.3 is 59.1 Å². The van der Waals surface area contributed by atoms with Crippen molar-refractivity contribution in [1.29, 1.82) is 0 Å². The summed E-state index contributed by atoms with van der Waals surface area (Å²) in [4.78, 5) is 0. The van der Waals surface area contributed by atoms with Gasteiger partial charge in [0.1, 0.15) is 5.75 Å². The molecule has 0 saturated carbocycles. The van der Waals surface area contributed by atoms with Crippen molar-refractivity contribution in [2.24, 2.45) is 0 Å². The Hall–Kier alpha value is -0.0200. The maximum Gasteiger partial charge on any atom is 1.00 e. The van der Waals surface area contributed by atoms with Gasteiger partial charge in [-0.25, -0.2) is 16.8 Å². The number of hydrogen-bond donors (Lipinski definition) is 1. The average Bonchev–Trinajstić information content (AvgIpc) is 2.53. The Kier molecular flexibility index (Phi) is 18.2. The van der Waals surface area contributed by atoms with E-state index in [1.54, 1.807) is 12.1 Å². The van der Waals surface area contributed by atoms with Crippen LogP contribution in [0, 0.1) is 0 Å². The van der Waals surface area contributed by atoms with E-state index in [1.807, 2.05) is 20.8 Å². The maximum absolute atomic E-state index is 10.1. The van der Waals surface area contributed by atoms with Crippen LogP contribution in [0.4, 0.5) is 0 Å². The third-order valence-electron chi connectivity index (χ3n) is 2.76. The molecule has 0 heterocycles. The Morgan fingerprint density at radius 1 is 0.931 bits per heavy atom. The van der Waals surface area contributed by atoms with E-state index in [2.05, 4.69) is 6.58 Å². The molecule has 1 aromatic rings. The van der Waals surface area contributed by atoms with Crippen LogP contribution >= 0.6 is 0 Å². The quantitative estimate of drug-likeness (QED) is 0.160. The van der Waals surface area contributed by atoms with Gasteiger partial charge in [-0.3, -0.25) is 0 Å². The molecule has 0 atom stereocenters. The summed E-state index contributed by atoms with van der Waals surface area (Å²) in [6.45, 7) is 10.8. The summed E-state index contributed by atoms with van der Waals surface area (Å²) in [5, 5.41) is 10.1. The van der Waals surface area contributed by atoms with E-state index in [-0.39, 0.29) is 64.9 Å². The molecule has 0 aromatic heterocycles. The minimum atomic E-state index is -5.67. The Morgan fingerprint density at radius 3 is 1.69 bits per heavy atom. The van der Waals surface area contributed by atoms with E-state index in [1.165, 1.54) is 0 Å². The van der Waals surface area contributed by atoms with Crippen molar-refractivity contribution in [3.8, 4) is 23.0 Å². The Labute approximate surface area is 215 Å². The first kappa shape index (κ1) is 33.6. The van der Waals surface area contributed by atoms with Gasteiger partial charge in [0, 0.05) is 11.6 Å². The van der Waals surface area contributed by atoms with Crippen molar-refractivity contribution in [3.05, 3.63) is 24.3 Å². The predicted molar refractivity (Wildman–Crippen MR) is 94.9 cm³/mol. The van der Waals surface area contributed by atoms with Gasteiger partial charge in [-0.15, -0.1) is 6.58 Å². The summed E-state index contributed by atoms with van der Waals surface area (Å²) >= 11 is 0. The van der Waals surface area contributed by atoms with Crippen LogP contribution in [0.2, 0.25) is 0 Å². The van der Waals surface area contributed by atoms with Crippen LogP contribution in [-0.2, 0) is 24.7 Å². The number of rotatable bonds is 9. The smallest absolute Gasteiger partial charge is 0.736 e. The number of benzene rings is 1. The monoisotopic (exact) mass is 472 g/mol. The van der Waals surface area contributed by atoms with Gasteiger partial charge in [0.15, 0.2) is 29.8 Å². The molecule has 29 heavy (non-hydrogen) atoms. The zero-order chi connectivity index (χ0) is 21.3. The van der Waals surface area contributed by atoms with Gasteiger partial charge in [-0.05, 0) is 27.2 Å². The van der Waals surface area contributed by atoms with Crippen LogP contribution in [0.5, 0.6) is 23.0 Å². The van der Waals surface area contributed by atoms with E-state index in [0.717, 1.165) is 0 Å². The summed E-state index contributed by atoms with van der Waals surface area (Å²) in [6, 6.07) is 1.57. The fraction of sp³-hybridized carbons (Fsp3) is 0.467. The Morgan fingerprint density at radius 2 is 1.34 bits per heavy atom. The zero-order valence-corrected chi connectivity index (χ0v) is 22.8. The van der Waals surface area contributed by atoms with Gasteiger partial charge < -0.3 is 28.4 Å². The molecule has 10 nitrogen and oxygen atoms in total. The molecule has 14 heteroatoms. The predicted octanol–water partition coefficient (Wildman–Crippen LogP) is -4.68. The van der Waals surface area contributed by atoms with E-state index in [0.29, 0.717) is 49.1 Å². The van der Waals surface area contributed by atoms with Gasteiger partial charge in [0.2, 0.25) is 5.75 Å². The van der Waals surface area contributed by atoms with Crippen molar-refractivity contribution < 1.29 is 104 Å². The molecule has 1 N–H and O–H groups in total. The average molecular weight is 472 g/mol. The number of aromatic hydroxyl groups is 1.